The zero-order valence-electron chi connectivity index (χ0n) is 13.9. The molecule has 0 bridgehead atoms. The quantitative estimate of drug-likeness (QED) is 0.927. The van der Waals surface area contributed by atoms with Crippen molar-refractivity contribution in [3.8, 4) is 0 Å². The molecule has 2 amide bonds. The van der Waals surface area contributed by atoms with Gasteiger partial charge >= 0.3 is 0 Å². The van der Waals surface area contributed by atoms with Gasteiger partial charge in [0.2, 0.25) is 11.8 Å². The molecule has 0 spiro atoms. The molecule has 0 fully saturated rings. The Morgan fingerprint density at radius 2 is 1.76 bits per heavy atom. The molecule has 0 saturated heterocycles. The molecule has 0 unspecified atom stereocenters. The second-order valence-electron chi connectivity index (χ2n) is 6.49. The van der Waals surface area contributed by atoms with Crippen molar-refractivity contribution < 1.29 is 9.59 Å². The number of anilines is 1. The van der Waals surface area contributed by atoms with Crippen molar-refractivity contribution in [2.75, 3.05) is 11.4 Å². The molecule has 1 aromatic rings. The lowest BCUT2D eigenvalue weighted by molar-refractivity contribution is -0.122. The number of rotatable bonds is 4. The Balaban J connectivity index is 2.77. The van der Waals surface area contributed by atoms with E-state index in [-0.39, 0.29) is 17.4 Å². The van der Waals surface area contributed by atoms with Gasteiger partial charge in [-0.05, 0) is 57.9 Å². The first-order valence-corrected chi connectivity index (χ1v) is 7.26. The number of nitrogens with one attached hydrogen (secondary N) is 1. The number of amides is 2. The first-order chi connectivity index (χ1) is 9.60. The van der Waals surface area contributed by atoms with Gasteiger partial charge in [-0.15, -0.1) is 0 Å². The molecule has 0 aliphatic rings. The van der Waals surface area contributed by atoms with Crippen molar-refractivity contribution in [2.24, 2.45) is 0 Å². The molecule has 116 valence electrons. The zero-order valence-corrected chi connectivity index (χ0v) is 13.9. The van der Waals surface area contributed by atoms with Gasteiger partial charge in [-0.1, -0.05) is 6.07 Å². The minimum absolute atomic E-state index is 0.0439. The van der Waals surface area contributed by atoms with Crippen molar-refractivity contribution in [1.82, 2.24) is 5.32 Å². The minimum Gasteiger partial charge on any atom is -0.351 e. The van der Waals surface area contributed by atoms with E-state index in [0.29, 0.717) is 13.0 Å². The van der Waals surface area contributed by atoms with Crippen LogP contribution < -0.4 is 10.2 Å². The second kappa shape index (κ2) is 6.74. The summed E-state index contributed by atoms with van der Waals surface area (Å²) in [6.45, 7) is 11.8. The number of hydrogen-bond donors (Lipinski definition) is 1. The van der Waals surface area contributed by atoms with Crippen LogP contribution in [0.25, 0.3) is 0 Å². The topological polar surface area (TPSA) is 49.4 Å². The molecule has 4 heteroatoms. The third-order valence-electron chi connectivity index (χ3n) is 3.26. The fraction of sp³-hybridized carbons (Fsp3) is 0.529. The number of benzene rings is 1. The Labute approximate surface area is 127 Å². The van der Waals surface area contributed by atoms with Gasteiger partial charge in [0.25, 0.3) is 0 Å². The average Bonchev–Trinajstić information content (AvgIpc) is 2.31. The summed E-state index contributed by atoms with van der Waals surface area (Å²) in [4.78, 5) is 25.4. The van der Waals surface area contributed by atoms with Gasteiger partial charge in [-0.25, -0.2) is 0 Å². The highest BCUT2D eigenvalue weighted by atomic mass is 16.2. The van der Waals surface area contributed by atoms with Gasteiger partial charge in [-0.2, -0.15) is 0 Å². The molecule has 1 rings (SSSR count). The molecule has 0 heterocycles. The van der Waals surface area contributed by atoms with E-state index in [2.05, 4.69) is 5.32 Å². The van der Waals surface area contributed by atoms with Gasteiger partial charge < -0.3 is 10.2 Å². The molecule has 0 aliphatic heterocycles. The van der Waals surface area contributed by atoms with E-state index in [1.54, 1.807) is 4.90 Å². The molecule has 1 aromatic carbocycles. The first-order valence-electron chi connectivity index (χ1n) is 7.26. The van der Waals surface area contributed by atoms with E-state index in [1.807, 2.05) is 52.8 Å². The monoisotopic (exact) mass is 290 g/mol. The molecule has 0 saturated carbocycles. The van der Waals surface area contributed by atoms with E-state index >= 15 is 0 Å². The number of aryl methyl sites for hydroxylation is 2. The maximum Gasteiger partial charge on any atom is 0.223 e. The summed E-state index contributed by atoms with van der Waals surface area (Å²) >= 11 is 0. The van der Waals surface area contributed by atoms with Crippen LogP contribution in [0.5, 0.6) is 0 Å². The van der Waals surface area contributed by atoms with E-state index in [9.17, 15) is 9.59 Å². The molecule has 0 atom stereocenters. The summed E-state index contributed by atoms with van der Waals surface area (Å²) in [5.74, 6) is -0.0978. The van der Waals surface area contributed by atoms with Crippen molar-refractivity contribution in [1.29, 1.82) is 0 Å². The maximum absolute atomic E-state index is 11.9. The summed E-state index contributed by atoms with van der Waals surface area (Å²) in [7, 11) is 0. The van der Waals surface area contributed by atoms with Crippen LogP contribution >= 0.6 is 0 Å². The zero-order chi connectivity index (χ0) is 16.2. The highest BCUT2D eigenvalue weighted by molar-refractivity contribution is 5.92. The summed E-state index contributed by atoms with van der Waals surface area (Å²) in [5.41, 5.74) is 2.92. The summed E-state index contributed by atoms with van der Waals surface area (Å²) in [5, 5.41) is 2.91. The van der Waals surface area contributed by atoms with Gasteiger partial charge in [-0.3, -0.25) is 9.59 Å². The van der Waals surface area contributed by atoms with Crippen molar-refractivity contribution in [3.63, 3.8) is 0 Å². The molecule has 0 aromatic heterocycles. The second-order valence-corrected chi connectivity index (χ2v) is 6.49. The smallest absolute Gasteiger partial charge is 0.223 e. The van der Waals surface area contributed by atoms with Crippen molar-refractivity contribution in [2.45, 2.75) is 53.5 Å². The van der Waals surface area contributed by atoms with Gasteiger partial charge in [0.05, 0.1) is 0 Å². The maximum atomic E-state index is 11.9. The number of carbonyl (C=O) groups excluding carboxylic acids is 2. The summed E-state index contributed by atoms with van der Waals surface area (Å²) < 4.78 is 0. The minimum atomic E-state index is -0.251. The first kappa shape index (κ1) is 17.2. The molecule has 0 aliphatic carbocycles. The molecular weight excluding hydrogens is 264 g/mol. The lowest BCUT2D eigenvalue weighted by atomic mass is 10.1. The summed E-state index contributed by atoms with van der Waals surface area (Å²) in [6, 6.07) is 5.90. The largest absolute Gasteiger partial charge is 0.351 e. The van der Waals surface area contributed by atoms with E-state index in [4.69, 9.17) is 0 Å². The lowest BCUT2D eigenvalue weighted by Crippen LogP contribution is -2.42. The molecule has 21 heavy (non-hydrogen) atoms. The number of carbonyl (C=O) groups is 2. The normalized spacial score (nSPS) is 11.1. The van der Waals surface area contributed by atoms with Gasteiger partial charge in [0.1, 0.15) is 0 Å². The fourth-order valence-electron chi connectivity index (χ4n) is 2.06. The average molecular weight is 290 g/mol. The van der Waals surface area contributed by atoms with E-state index < -0.39 is 0 Å². The standard InChI is InChI=1S/C17H26N2O2/c1-12-7-8-15(11-13(12)2)19(14(3)20)10-9-16(21)18-17(4,5)6/h7-8,11H,9-10H2,1-6H3,(H,18,21). The Morgan fingerprint density at radius 3 is 2.24 bits per heavy atom. The Morgan fingerprint density at radius 1 is 1.14 bits per heavy atom. The van der Waals surface area contributed by atoms with Crippen LogP contribution in [0.1, 0.15) is 45.2 Å². The van der Waals surface area contributed by atoms with Crippen LogP contribution in [-0.2, 0) is 9.59 Å². The lowest BCUT2D eigenvalue weighted by Gasteiger charge is -2.24. The summed E-state index contributed by atoms with van der Waals surface area (Å²) in [6.07, 6.45) is 0.295. The van der Waals surface area contributed by atoms with Gasteiger partial charge in [0.15, 0.2) is 0 Å². The van der Waals surface area contributed by atoms with E-state index in [1.165, 1.54) is 12.5 Å². The predicted octanol–water partition coefficient (Wildman–Crippen LogP) is 2.96. The van der Waals surface area contributed by atoms with Gasteiger partial charge in [0, 0.05) is 31.1 Å². The van der Waals surface area contributed by atoms with Crippen LogP contribution in [0.2, 0.25) is 0 Å². The molecule has 4 nitrogen and oxygen atoms in total. The van der Waals surface area contributed by atoms with Crippen LogP contribution in [0.4, 0.5) is 5.69 Å². The molecule has 0 radical (unpaired) electrons. The SMILES string of the molecule is CC(=O)N(CCC(=O)NC(C)(C)C)c1ccc(C)c(C)c1. The predicted molar refractivity (Wildman–Crippen MR) is 86.5 cm³/mol. The number of nitrogens with zero attached hydrogens (tertiary/aromatic N) is 1. The highest BCUT2D eigenvalue weighted by Gasteiger charge is 2.17. The molecule has 1 N–H and O–H groups in total. The Kier molecular flexibility index (Phi) is 5.53. The van der Waals surface area contributed by atoms with Crippen LogP contribution in [0.3, 0.4) is 0 Å². The number of hydrogen-bond acceptors (Lipinski definition) is 2. The molecular formula is C17H26N2O2. The third kappa shape index (κ3) is 5.58. The Hall–Kier alpha value is -1.84. The van der Waals surface area contributed by atoms with E-state index in [0.717, 1.165) is 11.3 Å². The third-order valence-corrected chi connectivity index (χ3v) is 3.26. The van der Waals surface area contributed by atoms with Crippen molar-refractivity contribution in [3.05, 3.63) is 29.3 Å². The van der Waals surface area contributed by atoms with Crippen LogP contribution in [0, 0.1) is 13.8 Å². The van der Waals surface area contributed by atoms with Crippen molar-refractivity contribution >= 4 is 17.5 Å². The van der Waals surface area contributed by atoms with Crippen LogP contribution in [0.15, 0.2) is 18.2 Å². The fourth-order valence-corrected chi connectivity index (χ4v) is 2.06. The highest BCUT2D eigenvalue weighted by Crippen LogP contribution is 2.19. The Bertz CT molecular complexity index is 530. The van der Waals surface area contributed by atoms with Crippen LogP contribution in [-0.4, -0.2) is 23.9 Å².